The maximum atomic E-state index is 12.5. The molecule has 1 amide bonds. The van der Waals surface area contributed by atoms with Crippen LogP contribution in [0.4, 0.5) is 4.79 Å². The highest BCUT2D eigenvalue weighted by molar-refractivity contribution is 7.84. The van der Waals surface area contributed by atoms with Gasteiger partial charge in [-0.3, -0.25) is 4.21 Å². The van der Waals surface area contributed by atoms with Gasteiger partial charge < -0.3 is 9.64 Å². The Bertz CT molecular complexity index is 613. The fourth-order valence-electron chi connectivity index (χ4n) is 2.59. The third-order valence-corrected chi connectivity index (χ3v) is 5.12. The van der Waals surface area contributed by atoms with E-state index >= 15 is 0 Å². The second-order valence-corrected chi connectivity index (χ2v) is 8.84. The Kier molecular flexibility index (Phi) is 6.20. The minimum Gasteiger partial charge on any atom is -0.444 e. The van der Waals surface area contributed by atoms with Crippen molar-refractivity contribution < 1.29 is 13.7 Å². The number of hydrogen-bond acceptors (Lipinski definition) is 5. The maximum absolute atomic E-state index is 12.5. The van der Waals surface area contributed by atoms with Crippen molar-refractivity contribution in [3.05, 3.63) is 16.9 Å². The minimum atomic E-state index is -1.33. The number of carbonyl (C=O) groups excluding carboxylic acids is 1. The van der Waals surface area contributed by atoms with E-state index in [-0.39, 0.29) is 17.2 Å². The van der Waals surface area contributed by atoms with Gasteiger partial charge >= 0.3 is 6.09 Å². The van der Waals surface area contributed by atoms with Crippen molar-refractivity contribution in [2.45, 2.75) is 51.3 Å². The molecule has 0 unspecified atom stereocenters. The first-order valence-electron chi connectivity index (χ1n) is 8.01. The molecular weight excluding hydrogens is 350 g/mol. The number of likely N-dealkylation sites (tertiary alicyclic amines) is 1. The quantitative estimate of drug-likeness (QED) is 0.601. The van der Waals surface area contributed by atoms with Crippen LogP contribution in [0.25, 0.3) is 0 Å². The lowest BCUT2D eigenvalue weighted by molar-refractivity contribution is 0.0176. The number of rotatable bonds is 3. The third kappa shape index (κ3) is 5.70. The molecule has 1 fully saturated rings. The molecule has 0 aromatic carbocycles. The summed E-state index contributed by atoms with van der Waals surface area (Å²) >= 11 is 5.91. The Balaban J connectivity index is 1.97. The molecule has 1 saturated heterocycles. The summed E-state index contributed by atoms with van der Waals surface area (Å²) in [7, 11) is -1.33. The lowest BCUT2D eigenvalue weighted by atomic mass is 10.0. The molecule has 0 bridgehead atoms. The molecule has 6 nitrogen and oxygen atoms in total. The van der Waals surface area contributed by atoms with Crippen molar-refractivity contribution in [3.63, 3.8) is 0 Å². The topological polar surface area (TPSA) is 72.4 Å². The fraction of sp³-hybridized carbons (Fsp3) is 0.688. The second-order valence-electron chi connectivity index (χ2n) is 7.06. The van der Waals surface area contributed by atoms with E-state index in [2.05, 4.69) is 9.97 Å². The van der Waals surface area contributed by atoms with Gasteiger partial charge in [-0.25, -0.2) is 14.8 Å². The zero-order valence-corrected chi connectivity index (χ0v) is 16.1. The molecule has 0 radical (unpaired) electrons. The van der Waals surface area contributed by atoms with Crippen LogP contribution in [0.2, 0.25) is 5.15 Å². The van der Waals surface area contributed by atoms with Gasteiger partial charge in [-0.05, 0) is 52.5 Å². The number of amides is 1. The summed E-state index contributed by atoms with van der Waals surface area (Å²) in [6.45, 7) is 8.55. The molecule has 134 valence electrons. The zero-order valence-electron chi connectivity index (χ0n) is 14.5. The Labute approximate surface area is 150 Å². The predicted octanol–water partition coefficient (Wildman–Crippen LogP) is 3.19. The average molecular weight is 374 g/mol. The highest BCUT2D eigenvalue weighted by atomic mass is 35.5. The smallest absolute Gasteiger partial charge is 0.410 e. The Hall–Kier alpha value is -1.21. The largest absolute Gasteiger partial charge is 0.444 e. The number of piperidine rings is 1. The first-order chi connectivity index (χ1) is 11.1. The van der Waals surface area contributed by atoms with Crippen LogP contribution in [-0.2, 0) is 15.5 Å². The van der Waals surface area contributed by atoms with Crippen molar-refractivity contribution in [1.29, 1.82) is 0 Å². The Morgan fingerprint density at radius 2 is 2.17 bits per heavy atom. The fourth-order valence-corrected chi connectivity index (χ4v) is 4.17. The monoisotopic (exact) mass is 373 g/mol. The molecule has 2 rings (SSSR count). The van der Waals surface area contributed by atoms with Crippen molar-refractivity contribution in [2.75, 3.05) is 18.8 Å². The second kappa shape index (κ2) is 7.78. The van der Waals surface area contributed by atoms with E-state index in [0.717, 1.165) is 12.8 Å². The molecule has 1 aliphatic heterocycles. The van der Waals surface area contributed by atoms with Crippen LogP contribution in [0.5, 0.6) is 0 Å². The molecule has 24 heavy (non-hydrogen) atoms. The molecule has 1 aromatic rings. The molecule has 2 heterocycles. The van der Waals surface area contributed by atoms with Crippen molar-refractivity contribution >= 4 is 28.5 Å². The van der Waals surface area contributed by atoms with E-state index in [0.29, 0.717) is 29.7 Å². The molecule has 8 heteroatoms. The maximum Gasteiger partial charge on any atom is 0.410 e. The Morgan fingerprint density at radius 3 is 2.79 bits per heavy atom. The SMILES string of the molecule is Cc1cc(Cl)nc([S@](=O)C[C@H]2CCCN(C(=O)OC(C)(C)C)C2)n1. The summed E-state index contributed by atoms with van der Waals surface area (Å²) in [5.74, 6) is 0.550. The van der Waals surface area contributed by atoms with Gasteiger partial charge in [-0.1, -0.05) is 11.6 Å². The highest BCUT2D eigenvalue weighted by Crippen LogP contribution is 2.21. The lowest BCUT2D eigenvalue weighted by Gasteiger charge is -2.33. The molecule has 0 N–H and O–H groups in total. The van der Waals surface area contributed by atoms with E-state index in [1.807, 2.05) is 20.8 Å². The van der Waals surface area contributed by atoms with E-state index in [1.54, 1.807) is 17.9 Å². The minimum absolute atomic E-state index is 0.134. The van der Waals surface area contributed by atoms with Gasteiger partial charge in [0.2, 0.25) is 5.16 Å². The molecule has 1 aromatic heterocycles. The summed E-state index contributed by atoms with van der Waals surface area (Å²) in [6, 6.07) is 1.63. The first-order valence-corrected chi connectivity index (χ1v) is 9.71. The van der Waals surface area contributed by atoms with E-state index in [1.165, 1.54) is 0 Å². The van der Waals surface area contributed by atoms with Gasteiger partial charge in [-0.15, -0.1) is 0 Å². The predicted molar refractivity (Wildman–Crippen MR) is 93.6 cm³/mol. The summed E-state index contributed by atoms with van der Waals surface area (Å²) in [5, 5.41) is 0.555. The van der Waals surface area contributed by atoms with Crippen molar-refractivity contribution in [3.8, 4) is 0 Å². The number of aromatic nitrogens is 2. The van der Waals surface area contributed by atoms with Gasteiger partial charge in [0.1, 0.15) is 10.8 Å². The number of hydrogen-bond donors (Lipinski definition) is 0. The number of carbonyl (C=O) groups is 1. The third-order valence-electron chi connectivity index (χ3n) is 3.56. The number of aryl methyl sites for hydroxylation is 1. The first kappa shape index (κ1) is 19.1. The lowest BCUT2D eigenvalue weighted by Crippen LogP contribution is -2.44. The molecule has 0 spiro atoms. The average Bonchev–Trinajstić information content (AvgIpc) is 2.44. The van der Waals surface area contributed by atoms with Crippen LogP contribution >= 0.6 is 11.6 Å². The molecule has 1 aliphatic rings. The molecule has 2 atom stereocenters. The molecular formula is C16H24ClN3O3S. The van der Waals surface area contributed by atoms with Crippen molar-refractivity contribution in [1.82, 2.24) is 14.9 Å². The summed E-state index contributed by atoms with van der Waals surface area (Å²) in [5.41, 5.74) is 0.177. The standard InChI is InChI=1S/C16H24ClN3O3S/c1-11-8-13(17)19-14(18-11)24(22)10-12-6-5-7-20(9-12)15(21)23-16(2,3)4/h8,12H,5-7,9-10H2,1-4H3/t12-,24+/m0/s1. The summed E-state index contributed by atoms with van der Waals surface area (Å²) in [4.78, 5) is 22.1. The van der Waals surface area contributed by atoms with Crippen LogP contribution in [-0.4, -0.2) is 49.6 Å². The van der Waals surface area contributed by atoms with Gasteiger partial charge in [0.25, 0.3) is 0 Å². The van der Waals surface area contributed by atoms with Crippen LogP contribution in [0.3, 0.4) is 0 Å². The van der Waals surface area contributed by atoms with Crippen LogP contribution < -0.4 is 0 Å². The zero-order chi connectivity index (χ0) is 17.9. The summed E-state index contributed by atoms with van der Waals surface area (Å²) < 4.78 is 17.9. The normalized spacial score (nSPS) is 19.9. The van der Waals surface area contributed by atoms with Gasteiger partial charge in [0.05, 0.1) is 10.8 Å². The molecule has 0 aliphatic carbocycles. The van der Waals surface area contributed by atoms with Crippen molar-refractivity contribution in [2.24, 2.45) is 5.92 Å². The number of ether oxygens (including phenoxy) is 1. The Morgan fingerprint density at radius 1 is 1.46 bits per heavy atom. The van der Waals surface area contributed by atoms with Gasteiger partial charge in [0.15, 0.2) is 0 Å². The van der Waals surface area contributed by atoms with Gasteiger partial charge in [-0.2, -0.15) is 0 Å². The number of nitrogens with zero attached hydrogens (tertiary/aromatic N) is 3. The number of halogens is 1. The van der Waals surface area contributed by atoms with Crippen LogP contribution in [0.1, 0.15) is 39.3 Å². The van der Waals surface area contributed by atoms with E-state index in [9.17, 15) is 9.00 Å². The van der Waals surface area contributed by atoms with E-state index < -0.39 is 16.4 Å². The van der Waals surface area contributed by atoms with Crippen LogP contribution in [0.15, 0.2) is 11.2 Å². The van der Waals surface area contributed by atoms with E-state index in [4.69, 9.17) is 16.3 Å². The van der Waals surface area contributed by atoms with Gasteiger partial charge in [0, 0.05) is 24.5 Å². The molecule has 0 saturated carbocycles. The summed E-state index contributed by atoms with van der Waals surface area (Å²) in [6.07, 6.45) is 1.48. The highest BCUT2D eigenvalue weighted by Gasteiger charge is 2.29. The van der Waals surface area contributed by atoms with Crippen LogP contribution in [0, 0.1) is 12.8 Å².